The molecular formula is C21H24F3NO3. The Bertz CT molecular complexity index is 773. The van der Waals surface area contributed by atoms with Crippen LogP contribution in [0.4, 0.5) is 18.9 Å². The Hall–Kier alpha value is -2.54. The van der Waals surface area contributed by atoms with Crippen LogP contribution in [-0.2, 0) is 28.5 Å². The van der Waals surface area contributed by atoms with Crippen LogP contribution in [0, 0.1) is 0 Å². The molecule has 0 fully saturated rings. The molecule has 152 valence electrons. The maximum atomic E-state index is 13.0. The van der Waals surface area contributed by atoms with Crippen LogP contribution in [0.2, 0.25) is 0 Å². The van der Waals surface area contributed by atoms with Crippen LogP contribution in [-0.4, -0.2) is 26.2 Å². The van der Waals surface area contributed by atoms with E-state index in [0.717, 1.165) is 24.1 Å². The molecule has 0 bridgehead atoms. The molecule has 4 nitrogen and oxygen atoms in total. The molecule has 1 N–H and O–H groups in total. The zero-order valence-corrected chi connectivity index (χ0v) is 15.9. The third-order valence-corrected chi connectivity index (χ3v) is 4.20. The highest BCUT2D eigenvalue weighted by Crippen LogP contribution is 2.35. The molecule has 0 radical (unpaired) electrons. The predicted molar refractivity (Wildman–Crippen MR) is 102 cm³/mol. The van der Waals surface area contributed by atoms with Crippen molar-refractivity contribution in [1.29, 1.82) is 0 Å². The van der Waals surface area contributed by atoms with Gasteiger partial charge in [0.25, 0.3) is 0 Å². The van der Waals surface area contributed by atoms with Crippen LogP contribution in [0.25, 0.3) is 0 Å². The molecule has 0 heterocycles. The number of rotatable bonds is 9. The number of nitrogens with one attached hydrogen (secondary N) is 1. The summed E-state index contributed by atoms with van der Waals surface area (Å²) in [6.07, 6.45) is -2.93. The van der Waals surface area contributed by atoms with E-state index in [2.05, 4.69) is 12.2 Å². The van der Waals surface area contributed by atoms with Gasteiger partial charge in [-0.2, -0.15) is 13.2 Å². The fourth-order valence-corrected chi connectivity index (χ4v) is 2.58. The van der Waals surface area contributed by atoms with Gasteiger partial charge in [0.05, 0.1) is 17.9 Å². The number of halogens is 3. The summed E-state index contributed by atoms with van der Waals surface area (Å²) >= 11 is 0. The van der Waals surface area contributed by atoms with Crippen molar-refractivity contribution in [3.8, 4) is 5.75 Å². The van der Waals surface area contributed by atoms with Gasteiger partial charge >= 0.3 is 6.18 Å². The molecule has 2 rings (SSSR count). The van der Waals surface area contributed by atoms with Crippen LogP contribution in [0.15, 0.2) is 42.5 Å². The lowest BCUT2D eigenvalue weighted by Gasteiger charge is -2.15. The maximum absolute atomic E-state index is 13.0. The second-order valence-corrected chi connectivity index (χ2v) is 6.27. The van der Waals surface area contributed by atoms with Gasteiger partial charge in [-0.15, -0.1) is 0 Å². The van der Waals surface area contributed by atoms with Gasteiger partial charge in [0.1, 0.15) is 12.4 Å². The number of carbonyl (C=O) groups is 1. The molecule has 0 saturated heterocycles. The Morgan fingerprint density at radius 2 is 1.71 bits per heavy atom. The van der Waals surface area contributed by atoms with Gasteiger partial charge in [-0.05, 0) is 42.2 Å². The normalized spacial score (nSPS) is 11.3. The number of benzene rings is 2. The van der Waals surface area contributed by atoms with E-state index in [1.807, 2.05) is 24.3 Å². The minimum Gasteiger partial charge on any atom is -0.489 e. The third kappa shape index (κ3) is 6.56. The number of amides is 1. The Labute approximate surface area is 162 Å². The minimum absolute atomic E-state index is 0.00254. The van der Waals surface area contributed by atoms with Gasteiger partial charge in [-0.1, -0.05) is 31.2 Å². The van der Waals surface area contributed by atoms with Crippen LogP contribution in [0.5, 0.6) is 5.75 Å². The molecule has 2 aromatic carbocycles. The van der Waals surface area contributed by atoms with Crippen molar-refractivity contribution >= 4 is 11.6 Å². The summed E-state index contributed by atoms with van der Waals surface area (Å²) < 4.78 is 49.3. The Morgan fingerprint density at radius 1 is 1.04 bits per heavy atom. The molecule has 28 heavy (non-hydrogen) atoms. The molecule has 0 aromatic heterocycles. The van der Waals surface area contributed by atoms with E-state index < -0.39 is 11.7 Å². The number of ether oxygens (including phenoxy) is 2. The molecule has 7 heteroatoms. The molecule has 0 spiro atoms. The molecule has 1 amide bonds. The molecule has 2 aromatic rings. The van der Waals surface area contributed by atoms with E-state index in [-0.39, 0.29) is 37.0 Å². The van der Waals surface area contributed by atoms with Crippen LogP contribution in [0.1, 0.15) is 30.0 Å². The lowest BCUT2D eigenvalue weighted by Crippen LogP contribution is -2.15. The lowest BCUT2D eigenvalue weighted by atomic mass is 10.1. The number of alkyl halides is 3. The summed E-state index contributed by atoms with van der Waals surface area (Å²) in [4.78, 5) is 12.3. The lowest BCUT2D eigenvalue weighted by molar-refractivity contribution is -0.137. The van der Waals surface area contributed by atoms with Crippen LogP contribution in [0.3, 0.4) is 0 Å². The summed E-state index contributed by atoms with van der Waals surface area (Å²) in [5.41, 5.74) is 1.34. The number of methoxy groups -OCH3 is 1. The average Bonchev–Trinajstić information content (AvgIpc) is 2.67. The molecule has 0 aliphatic carbocycles. The van der Waals surface area contributed by atoms with E-state index in [9.17, 15) is 18.0 Å². The van der Waals surface area contributed by atoms with E-state index in [4.69, 9.17) is 9.47 Å². The van der Waals surface area contributed by atoms with Gasteiger partial charge in [0, 0.05) is 13.5 Å². The van der Waals surface area contributed by atoms with E-state index in [0.29, 0.717) is 6.42 Å². The average molecular weight is 395 g/mol. The van der Waals surface area contributed by atoms with Crippen molar-refractivity contribution in [2.45, 2.75) is 32.4 Å². The third-order valence-electron chi connectivity index (χ3n) is 4.20. The van der Waals surface area contributed by atoms with Gasteiger partial charge < -0.3 is 14.8 Å². The maximum Gasteiger partial charge on any atom is 0.416 e. The molecule has 0 atom stereocenters. The molecule has 0 aliphatic rings. The largest absolute Gasteiger partial charge is 0.489 e. The summed E-state index contributed by atoms with van der Waals surface area (Å²) in [5.74, 6) is -0.207. The summed E-state index contributed by atoms with van der Waals surface area (Å²) in [6, 6.07) is 10.9. The quantitative estimate of drug-likeness (QED) is 0.617. The highest BCUT2D eigenvalue weighted by Gasteiger charge is 2.31. The van der Waals surface area contributed by atoms with Gasteiger partial charge in [-0.3, -0.25) is 4.79 Å². The summed E-state index contributed by atoms with van der Waals surface area (Å²) in [5, 5.41) is 2.54. The SMILES string of the molecule is CCc1ccc(CCC(=O)Nc2cc(C(F)(F)F)ccc2OCCOC)cc1. The zero-order valence-electron chi connectivity index (χ0n) is 15.9. The minimum atomic E-state index is -4.51. The van der Waals surface area contributed by atoms with Gasteiger partial charge in [0.2, 0.25) is 5.91 Å². The standard InChI is InChI=1S/C21H24F3NO3/c1-3-15-4-6-16(7-5-15)8-11-20(26)25-18-14-17(21(22,23)24)9-10-19(18)28-13-12-27-2/h4-7,9-10,14H,3,8,11-13H2,1-2H3,(H,25,26). The second kappa shape index (κ2) is 10.1. The van der Waals surface area contributed by atoms with Crippen LogP contribution < -0.4 is 10.1 Å². The summed E-state index contributed by atoms with van der Waals surface area (Å²) in [7, 11) is 1.49. The Morgan fingerprint density at radius 3 is 2.32 bits per heavy atom. The highest BCUT2D eigenvalue weighted by atomic mass is 19.4. The van der Waals surface area contributed by atoms with E-state index >= 15 is 0 Å². The topological polar surface area (TPSA) is 47.6 Å². The van der Waals surface area contributed by atoms with E-state index in [1.165, 1.54) is 18.7 Å². The van der Waals surface area contributed by atoms with Crippen molar-refractivity contribution in [2.24, 2.45) is 0 Å². The first kappa shape index (κ1) is 21.8. The van der Waals surface area contributed by atoms with Crippen molar-refractivity contribution in [1.82, 2.24) is 0 Å². The number of aryl methyl sites for hydroxylation is 2. The molecule has 0 saturated carbocycles. The second-order valence-electron chi connectivity index (χ2n) is 6.27. The molecule has 0 aliphatic heterocycles. The Balaban J connectivity index is 2.06. The van der Waals surface area contributed by atoms with Crippen molar-refractivity contribution in [2.75, 3.05) is 25.6 Å². The summed E-state index contributed by atoms with van der Waals surface area (Å²) in [6.45, 7) is 2.50. The van der Waals surface area contributed by atoms with Crippen molar-refractivity contribution in [3.63, 3.8) is 0 Å². The first-order chi connectivity index (χ1) is 13.3. The smallest absolute Gasteiger partial charge is 0.416 e. The fourth-order valence-electron chi connectivity index (χ4n) is 2.58. The first-order valence-electron chi connectivity index (χ1n) is 9.04. The first-order valence-corrected chi connectivity index (χ1v) is 9.04. The fraction of sp³-hybridized carbons (Fsp3) is 0.381. The monoisotopic (exact) mass is 395 g/mol. The number of hydrogen-bond donors (Lipinski definition) is 1. The predicted octanol–water partition coefficient (Wildman–Crippen LogP) is 4.86. The molecular weight excluding hydrogens is 371 g/mol. The molecule has 0 unspecified atom stereocenters. The highest BCUT2D eigenvalue weighted by molar-refractivity contribution is 5.92. The number of anilines is 1. The van der Waals surface area contributed by atoms with Gasteiger partial charge in [0.15, 0.2) is 0 Å². The van der Waals surface area contributed by atoms with Crippen molar-refractivity contribution < 1.29 is 27.4 Å². The zero-order chi connectivity index (χ0) is 20.6. The van der Waals surface area contributed by atoms with Crippen molar-refractivity contribution in [3.05, 3.63) is 59.2 Å². The van der Waals surface area contributed by atoms with Crippen LogP contribution >= 0.6 is 0 Å². The Kier molecular flexibility index (Phi) is 7.87. The number of carbonyl (C=O) groups excluding carboxylic acids is 1. The number of hydrogen-bond acceptors (Lipinski definition) is 3. The van der Waals surface area contributed by atoms with Gasteiger partial charge in [-0.25, -0.2) is 0 Å². The van der Waals surface area contributed by atoms with E-state index in [1.54, 1.807) is 0 Å².